The Morgan fingerprint density at radius 2 is 1.72 bits per heavy atom. The third-order valence-electron chi connectivity index (χ3n) is 6.08. The van der Waals surface area contributed by atoms with E-state index in [1.54, 1.807) is 12.1 Å². The Kier molecular flexibility index (Phi) is 7.14. The molecule has 1 saturated carbocycles. The summed E-state index contributed by atoms with van der Waals surface area (Å²) in [4.78, 5) is 28.0. The number of nitrogens with zero attached hydrogens (tertiary/aromatic N) is 1. The third-order valence-corrected chi connectivity index (χ3v) is 8.00. The number of rotatable bonds is 8. The SMILES string of the molecule is COP(=O)(CCC1CC(NC(=O)c2ccccc2)(C(=O)N2CCCCC2)C1)OC. The maximum atomic E-state index is 13.3. The molecule has 1 aromatic carbocycles. The zero-order valence-electron chi connectivity index (χ0n) is 17.3. The van der Waals surface area contributed by atoms with Gasteiger partial charge in [-0.05, 0) is 56.6 Å². The first-order valence-electron chi connectivity index (χ1n) is 10.3. The fourth-order valence-electron chi connectivity index (χ4n) is 4.34. The smallest absolute Gasteiger partial charge is 0.330 e. The van der Waals surface area contributed by atoms with E-state index in [9.17, 15) is 14.2 Å². The standard InChI is InChI=1S/C21H31N2O5P/c1-27-29(26,28-2)14-11-17-15-21(16-17,20(25)23-12-7-4-8-13-23)22-19(24)18-9-5-3-6-10-18/h3,5-6,9-10,17H,4,7-8,11-16H2,1-2H3,(H,22,24). The maximum Gasteiger partial charge on any atom is 0.330 e. The van der Waals surface area contributed by atoms with Gasteiger partial charge in [0.1, 0.15) is 5.54 Å². The quantitative estimate of drug-likeness (QED) is 0.649. The number of carbonyl (C=O) groups is 2. The zero-order valence-corrected chi connectivity index (χ0v) is 18.2. The van der Waals surface area contributed by atoms with E-state index in [1.165, 1.54) is 14.2 Å². The van der Waals surface area contributed by atoms with Crippen molar-refractivity contribution in [3.8, 4) is 0 Å². The summed E-state index contributed by atoms with van der Waals surface area (Å²) in [6.07, 6.45) is 5.19. The molecule has 29 heavy (non-hydrogen) atoms. The van der Waals surface area contributed by atoms with Gasteiger partial charge in [-0.1, -0.05) is 18.2 Å². The van der Waals surface area contributed by atoms with Crippen molar-refractivity contribution in [2.24, 2.45) is 5.92 Å². The van der Waals surface area contributed by atoms with Gasteiger partial charge in [-0.3, -0.25) is 14.2 Å². The molecule has 0 aromatic heterocycles. The Morgan fingerprint density at radius 1 is 1.10 bits per heavy atom. The van der Waals surface area contributed by atoms with Crippen LogP contribution in [0.25, 0.3) is 0 Å². The molecule has 1 aliphatic carbocycles. The Morgan fingerprint density at radius 3 is 2.31 bits per heavy atom. The van der Waals surface area contributed by atoms with Crippen molar-refractivity contribution in [1.29, 1.82) is 0 Å². The molecular formula is C21H31N2O5P. The molecule has 0 spiro atoms. The van der Waals surface area contributed by atoms with Crippen molar-refractivity contribution in [2.45, 2.75) is 44.1 Å². The van der Waals surface area contributed by atoms with Crippen LogP contribution in [0.4, 0.5) is 0 Å². The van der Waals surface area contributed by atoms with Crippen LogP contribution in [0.3, 0.4) is 0 Å². The van der Waals surface area contributed by atoms with Crippen LogP contribution in [0.15, 0.2) is 30.3 Å². The molecule has 1 saturated heterocycles. The second kappa shape index (κ2) is 9.41. The number of carbonyl (C=O) groups excluding carboxylic acids is 2. The molecule has 2 aliphatic rings. The minimum atomic E-state index is -3.06. The van der Waals surface area contributed by atoms with Gasteiger partial charge in [0.05, 0.1) is 6.16 Å². The summed E-state index contributed by atoms with van der Waals surface area (Å²) in [5.74, 6) is -0.0216. The van der Waals surface area contributed by atoms with Gasteiger partial charge in [0.15, 0.2) is 0 Å². The summed E-state index contributed by atoms with van der Waals surface area (Å²) >= 11 is 0. The number of benzene rings is 1. The summed E-state index contributed by atoms with van der Waals surface area (Å²) < 4.78 is 22.3. The Labute approximate surface area is 172 Å². The Bertz CT molecular complexity index is 750. The van der Waals surface area contributed by atoms with Crippen molar-refractivity contribution in [3.63, 3.8) is 0 Å². The monoisotopic (exact) mass is 422 g/mol. The first-order valence-corrected chi connectivity index (χ1v) is 12.0. The molecule has 8 heteroatoms. The number of amides is 2. The summed E-state index contributed by atoms with van der Waals surface area (Å²) in [5.41, 5.74) is -0.330. The minimum Gasteiger partial charge on any atom is -0.341 e. The van der Waals surface area contributed by atoms with E-state index >= 15 is 0 Å². The summed E-state index contributed by atoms with van der Waals surface area (Å²) in [7, 11) is -0.296. The van der Waals surface area contributed by atoms with E-state index in [2.05, 4.69) is 5.32 Å². The van der Waals surface area contributed by atoms with Crippen LogP contribution >= 0.6 is 7.60 Å². The molecule has 0 atom stereocenters. The van der Waals surface area contributed by atoms with Gasteiger partial charge in [0, 0.05) is 32.9 Å². The van der Waals surface area contributed by atoms with E-state index in [0.717, 1.165) is 32.4 Å². The molecule has 1 heterocycles. The topological polar surface area (TPSA) is 84.9 Å². The lowest BCUT2D eigenvalue weighted by Gasteiger charge is -2.49. The molecule has 2 amide bonds. The van der Waals surface area contributed by atoms with E-state index in [0.29, 0.717) is 31.0 Å². The van der Waals surface area contributed by atoms with Crippen LogP contribution < -0.4 is 5.32 Å². The Hall–Kier alpha value is -1.69. The summed E-state index contributed by atoms with van der Waals surface area (Å²) in [6.45, 7) is 1.49. The van der Waals surface area contributed by atoms with Crippen LogP contribution in [-0.2, 0) is 18.4 Å². The molecule has 0 bridgehead atoms. The summed E-state index contributed by atoms with van der Waals surface area (Å²) in [5, 5.41) is 3.04. The predicted octanol–water partition coefficient (Wildman–Crippen LogP) is 3.45. The molecule has 160 valence electrons. The lowest BCUT2D eigenvalue weighted by Crippen LogP contribution is -2.66. The molecule has 1 aromatic rings. The van der Waals surface area contributed by atoms with Gasteiger partial charge in [0.25, 0.3) is 5.91 Å². The molecule has 7 nitrogen and oxygen atoms in total. The zero-order chi connectivity index (χ0) is 20.9. The van der Waals surface area contributed by atoms with Crippen LogP contribution in [0.5, 0.6) is 0 Å². The Balaban J connectivity index is 1.69. The second-order valence-corrected chi connectivity index (χ2v) is 10.4. The molecule has 0 unspecified atom stereocenters. The van der Waals surface area contributed by atoms with Crippen LogP contribution in [-0.4, -0.2) is 55.7 Å². The van der Waals surface area contributed by atoms with E-state index < -0.39 is 13.1 Å². The fraction of sp³-hybridized carbons (Fsp3) is 0.619. The van der Waals surface area contributed by atoms with E-state index in [1.807, 2.05) is 23.1 Å². The first kappa shape index (κ1) is 22.0. The average molecular weight is 422 g/mol. The average Bonchev–Trinajstić information content (AvgIpc) is 2.75. The first-order chi connectivity index (χ1) is 13.9. The van der Waals surface area contributed by atoms with Gasteiger partial charge < -0.3 is 19.3 Å². The molecule has 0 radical (unpaired) electrons. The van der Waals surface area contributed by atoms with Crippen molar-refractivity contribution < 1.29 is 23.2 Å². The molecule has 3 rings (SSSR count). The third kappa shape index (κ3) is 5.08. The van der Waals surface area contributed by atoms with Crippen LogP contribution in [0, 0.1) is 5.92 Å². The summed E-state index contributed by atoms with van der Waals surface area (Å²) in [6, 6.07) is 8.97. The number of hydrogen-bond donors (Lipinski definition) is 1. The number of likely N-dealkylation sites (tertiary alicyclic amines) is 1. The minimum absolute atomic E-state index is 0.0133. The number of hydrogen-bond acceptors (Lipinski definition) is 5. The van der Waals surface area contributed by atoms with E-state index in [-0.39, 0.29) is 17.7 Å². The van der Waals surface area contributed by atoms with Gasteiger partial charge in [-0.2, -0.15) is 0 Å². The lowest BCUT2D eigenvalue weighted by molar-refractivity contribution is -0.145. The fourth-order valence-corrected chi connectivity index (χ4v) is 5.53. The normalized spacial score (nSPS) is 24.6. The number of piperidine rings is 1. The van der Waals surface area contributed by atoms with Crippen LogP contribution in [0.1, 0.15) is 48.9 Å². The lowest BCUT2D eigenvalue weighted by atomic mass is 9.66. The van der Waals surface area contributed by atoms with Crippen molar-refractivity contribution in [2.75, 3.05) is 33.5 Å². The molecule has 1 N–H and O–H groups in total. The molecule has 1 aliphatic heterocycles. The highest BCUT2D eigenvalue weighted by Gasteiger charge is 2.53. The van der Waals surface area contributed by atoms with Gasteiger partial charge in [-0.25, -0.2) is 0 Å². The van der Waals surface area contributed by atoms with E-state index in [4.69, 9.17) is 9.05 Å². The highest BCUT2D eigenvalue weighted by Crippen LogP contribution is 2.50. The van der Waals surface area contributed by atoms with Gasteiger partial charge in [0.2, 0.25) is 5.91 Å². The van der Waals surface area contributed by atoms with Gasteiger partial charge in [-0.15, -0.1) is 0 Å². The molecule has 2 fully saturated rings. The second-order valence-electron chi connectivity index (χ2n) is 8.02. The molecular weight excluding hydrogens is 391 g/mol. The largest absolute Gasteiger partial charge is 0.341 e. The number of nitrogens with one attached hydrogen (secondary N) is 1. The van der Waals surface area contributed by atoms with Crippen molar-refractivity contribution in [1.82, 2.24) is 10.2 Å². The predicted molar refractivity (Wildman–Crippen MR) is 111 cm³/mol. The van der Waals surface area contributed by atoms with Crippen LogP contribution in [0.2, 0.25) is 0 Å². The maximum absolute atomic E-state index is 13.3. The highest BCUT2D eigenvalue weighted by atomic mass is 31.2. The van der Waals surface area contributed by atoms with Gasteiger partial charge >= 0.3 is 7.60 Å². The highest BCUT2D eigenvalue weighted by molar-refractivity contribution is 7.53. The van der Waals surface area contributed by atoms with Crippen molar-refractivity contribution >= 4 is 19.4 Å². The van der Waals surface area contributed by atoms with Crippen molar-refractivity contribution in [3.05, 3.63) is 35.9 Å².